The Kier molecular flexibility index (Phi) is 5.63. The van der Waals surface area contributed by atoms with Gasteiger partial charge in [0.25, 0.3) is 0 Å². The average molecular weight is 314 g/mol. The quantitative estimate of drug-likeness (QED) is 0.838. The molecule has 0 spiro atoms. The second kappa shape index (κ2) is 6.65. The zero-order valence-electron chi connectivity index (χ0n) is 11.6. The molecule has 1 rings (SSSR count). The first kappa shape index (κ1) is 17.8. The molecule has 0 radical (unpaired) electrons. The van der Waals surface area contributed by atoms with Crippen molar-refractivity contribution in [1.29, 1.82) is 0 Å². The summed E-state index contributed by atoms with van der Waals surface area (Å²) in [6.45, 7) is 1.10. The van der Waals surface area contributed by atoms with E-state index in [1.54, 1.807) is 19.0 Å². The van der Waals surface area contributed by atoms with Gasteiger partial charge in [-0.05, 0) is 37.9 Å². The number of likely N-dealkylation sites (N-methyl/N-ethyl adjacent to an activating group) is 2. The van der Waals surface area contributed by atoms with E-state index in [1.807, 2.05) is 0 Å². The van der Waals surface area contributed by atoms with E-state index in [-0.39, 0.29) is 18.2 Å². The van der Waals surface area contributed by atoms with E-state index in [2.05, 4.69) is 5.32 Å². The predicted molar refractivity (Wildman–Crippen MR) is 66.7 cm³/mol. The lowest BCUT2D eigenvalue weighted by Gasteiger charge is -2.19. The van der Waals surface area contributed by atoms with E-state index in [1.165, 1.54) is 0 Å². The Labute approximate surface area is 118 Å². The minimum Gasteiger partial charge on any atom is -0.318 e. The zero-order valence-corrected chi connectivity index (χ0v) is 11.6. The van der Waals surface area contributed by atoms with Gasteiger partial charge in [-0.15, -0.1) is 0 Å². The molecule has 0 unspecified atom stereocenters. The van der Waals surface area contributed by atoms with Crippen LogP contribution in [0.15, 0.2) is 18.2 Å². The standard InChI is InChI=1S/C13H16F6N2/c1-20-3-4-21(2)8-9-5-10(12(14,15)16)7-11(6-9)13(17,18)19/h5-7,20H,3-4,8H2,1-2H3. The van der Waals surface area contributed by atoms with Crippen molar-refractivity contribution < 1.29 is 26.3 Å². The highest BCUT2D eigenvalue weighted by molar-refractivity contribution is 5.33. The van der Waals surface area contributed by atoms with Crippen molar-refractivity contribution >= 4 is 0 Å². The van der Waals surface area contributed by atoms with Crippen LogP contribution in [0.5, 0.6) is 0 Å². The van der Waals surface area contributed by atoms with Crippen LogP contribution in [0.2, 0.25) is 0 Å². The molecule has 1 N–H and O–H groups in total. The SMILES string of the molecule is CNCCN(C)Cc1cc(C(F)(F)F)cc(C(F)(F)F)c1. The van der Waals surface area contributed by atoms with Gasteiger partial charge in [0.15, 0.2) is 0 Å². The fourth-order valence-electron chi connectivity index (χ4n) is 1.80. The first-order chi connectivity index (χ1) is 9.54. The Hall–Kier alpha value is -1.28. The van der Waals surface area contributed by atoms with Gasteiger partial charge in [0.05, 0.1) is 11.1 Å². The molecule has 21 heavy (non-hydrogen) atoms. The Morgan fingerprint density at radius 3 is 1.81 bits per heavy atom. The van der Waals surface area contributed by atoms with E-state index in [0.717, 1.165) is 12.1 Å². The highest BCUT2D eigenvalue weighted by atomic mass is 19.4. The number of rotatable bonds is 5. The summed E-state index contributed by atoms with van der Waals surface area (Å²) >= 11 is 0. The Morgan fingerprint density at radius 1 is 0.952 bits per heavy atom. The van der Waals surface area contributed by atoms with Gasteiger partial charge < -0.3 is 10.2 Å². The van der Waals surface area contributed by atoms with Crippen LogP contribution in [0.1, 0.15) is 16.7 Å². The third-order valence-electron chi connectivity index (χ3n) is 2.84. The molecule has 0 saturated carbocycles. The molecule has 0 aromatic heterocycles. The molecule has 0 amide bonds. The lowest BCUT2D eigenvalue weighted by molar-refractivity contribution is -0.143. The average Bonchev–Trinajstić information content (AvgIpc) is 2.34. The van der Waals surface area contributed by atoms with Crippen molar-refractivity contribution in [3.05, 3.63) is 34.9 Å². The van der Waals surface area contributed by atoms with Gasteiger partial charge in [-0.1, -0.05) is 0 Å². The number of hydrogen-bond donors (Lipinski definition) is 1. The maximum absolute atomic E-state index is 12.7. The molecule has 0 aliphatic carbocycles. The third-order valence-corrected chi connectivity index (χ3v) is 2.84. The summed E-state index contributed by atoms with van der Waals surface area (Å²) in [5, 5.41) is 2.85. The molecule has 0 aliphatic heterocycles. The van der Waals surface area contributed by atoms with Crippen LogP contribution >= 0.6 is 0 Å². The van der Waals surface area contributed by atoms with Crippen LogP contribution in [0, 0.1) is 0 Å². The van der Waals surface area contributed by atoms with Gasteiger partial charge in [0, 0.05) is 19.6 Å². The van der Waals surface area contributed by atoms with Gasteiger partial charge >= 0.3 is 12.4 Å². The smallest absolute Gasteiger partial charge is 0.318 e. The summed E-state index contributed by atoms with van der Waals surface area (Å²) in [7, 11) is 3.34. The molecule has 0 atom stereocenters. The Morgan fingerprint density at radius 2 is 1.43 bits per heavy atom. The van der Waals surface area contributed by atoms with E-state index < -0.39 is 23.5 Å². The molecule has 1 aromatic rings. The summed E-state index contributed by atoms with van der Waals surface area (Å²) in [4.78, 5) is 1.64. The lowest BCUT2D eigenvalue weighted by atomic mass is 10.0. The fraction of sp³-hybridized carbons (Fsp3) is 0.538. The zero-order chi connectivity index (χ0) is 16.3. The van der Waals surface area contributed by atoms with E-state index >= 15 is 0 Å². The topological polar surface area (TPSA) is 15.3 Å². The Bertz CT molecular complexity index is 434. The second-order valence-corrected chi connectivity index (χ2v) is 4.76. The maximum Gasteiger partial charge on any atom is 0.416 e. The van der Waals surface area contributed by atoms with Crippen LogP contribution in [0.25, 0.3) is 0 Å². The number of nitrogens with one attached hydrogen (secondary N) is 1. The van der Waals surface area contributed by atoms with Crippen LogP contribution in [0.3, 0.4) is 0 Å². The van der Waals surface area contributed by atoms with Gasteiger partial charge in [-0.3, -0.25) is 0 Å². The van der Waals surface area contributed by atoms with Gasteiger partial charge in [0.1, 0.15) is 0 Å². The summed E-state index contributed by atoms with van der Waals surface area (Å²) in [6, 6.07) is 1.65. The molecule has 0 aliphatic rings. The monoisotopic (exact) mass is 314 g/mol. The van der Waals surface area contributed by atoms with Crippen LogP contribution < -0.4 is 5.32 Å². The molecule has 2 nitrogen and oxygen atoms in total. The molecular weight excluding hydrogens is 298 g/mol. The molecular formula is C13H16F6N2. The minimum absolute atomic E-state index is 0.00861. The van der Waals surface area contributed by atoms with Crippen molar-refractivity contribution in [2.24, 2.45) is 0 Å². The number of alkyl halides is 6. The fourth-order valence-corrected chi connectivity index (χ4v) is 1.80. The van der Waals surface area contributed by atoms with Crippen molar-refractivity contribution in [2.75, 3.05) is 27.2 Å². The van der Waals surface area contributed by atoms with E-state index in [0.29, 0.717) is 13.1 Å². The molecule has 0 bridgehead atoms. The largest absolute Gasteiger partial charge is 0.416 e. The summed E-state index contributed by atoms with van der Waals surface area (Å²) in [6.07, 6.45) is -9.61. The molecule has 8 heteroatoms. The number of benzene rings is 1. The van der Waals surface area contributed by atoms with Crippen molar-refractivity contribution in [2.45, 2.75) is 18.9 Å². The van der Waals surface area contributed by atoms with Gasteiger partial charge in [-0.25, -0.2) is 0 Å². The van der Waals surface area contributed by atoms with E-state index in [9.17, 15) is 26.3 Å². The van der Waals surface area contributed by atoms with E-state index in [4.69, 9.17) is 0 Å². The molecule has 0 heterocycles. The first-order valence-corrected chi connectivity index (χ1v) is 6.15. The highest BCUT2D eigenvalue weighted by Crippen LogP contribution is 2.36. The number of halogens is 6. The molecule has 120 valence electrons. The van der Waals surface area contributed by atoms with Gasteiger partial charge in [-0.2, -0.15) is 26.3 Å². The van der Waals surface area contributed by atoms with Crippen LogP contribution in [-0.2, 0) is 18.9 Å². The Balaban J connectivity index is 3.08. The molecule has 0 saturated heterocycles. The van der Waals surface area contributed by atoms with Crippen molar-refractivity contribution in [1.82, 2.24) is 10.2 Å². The molecule has 0 fully saturated rings. The van der Waals surface area contributed by atoms with Crippen molar-refractivity contribution in [3.8, 4) is 0 Å². The highest BCUT2D eigenvalue weighted by Gasteiger charge is 2.36. The minimum atomic E-state index is -4.81. The number of hydrogen-bond acceptors (Lipinski definition) is 2. The summed E-state index contributed by atoms with van der Waals surface area (Å²) in [5.41, 5.74) is -2.58. The summed E-state index contributed by atoms with van der Waals surface area (Å²) in [5.74, 6) is 0. The first-order valence-electron chi connectivity index (χ1n) is 6.15. The predicted octanol–water partition coefficient (Wildman–Crippen LogP) is 3.38. The summed E-state index contributed by atoms with van der Waals surface area (Å²) < 4.78 is 76.1. The third kappa shape index (κ3) is 5.55. The molecule has 1 aromatic carbocycles. The number of nitrogens with zero attached hydrogens (tertiary/aromatic N) is 1. The maximum atomic E-state index is 12.7. The van der Waals surface area contributed by atoms with Crippen LogP contribution in [-0.4, -0.2) is 32.1 Å². The normalized spacial score (nSPS) is 13.0. The van der Waals surface area contributed by atoms with Crippen LogP contribution in [0.4, 0.5) is 26.3 Å². The second-order valence-electron chi connectivity index (χ2n) is 4.76. The van der Waals surface area contributed by atoms with Crippen molar-refractivity contribution in [3.63, 3.8) is 0 Å². The lowest BCUT2D eigenvalue weighted by Crippen LogP contribution is -2.27. The van der Waals surface area contributed by atoms with Gasteiger partial charge in [0.2, 0.25) is 0 Å².